The molecule has 0 saturated carbocycles. The largest absolute Gasteiger partial charge is 0.481 e. The Morgan fingerprint density at radius 2 is 1.76 bits per heavy atom. The summed E-state index contributed by atoms with van der Waals surface area (Å²) >= 11 is 0. The van der Waals surface area contributed by atoms with Gasteiger partial charge in [0.05, 0.1) is 25.0 Å². The van der Waals surface area contributed by atoms with Crippen LogP contribution < -0.4 is 21.5 Å². The Hall–Kier alpha value is -4.86. The second-order valence-corrected chi connectivity index (χ2v) is 16.6. The molecule has 0 spiro atoms. The van der Waals surface area contributed by atoms with E-state index in [0.717, 1.165) is 6.04 Å². The fourth-order valence-electron chi connectivity index (χ4n) is 3.52. The van der Waals surface area contributed by atoms with Crippen molar-refractivity contribution in [3.63, 3.8) is 0 Å². The van der Waals surface area contributed by atoms with Crippen LogP contribution in [-0.4, -0.2) is 74.3 Å². The molecule has 6 N–H and O–H groups in total. The average Bonchev–Trinajstić information content (AvgIpc) is 2.90. The van der Waals surface area contributed by atoms with Crippen molar-refractivity contribution in [3.05, 3.63) is 52.1 Å². The Morgan fingerprint density at radius 3 is 2.38 bits per heavy atom. The van der Waals surface area contributed by atoms with E-state index in [1.54, 1.807) is 12.1 Å². The summed E-state index contributed by atoms with van der Waals surface area (Å²) in [7, 11) is -1.37. The summed E-state index contributed by atoms with van der Waals surface area (Å²) < 4.78 is 5.15. The highest BCUT2D eigenvalue weighted by molar-refractivity contribution is 6.76. The van der Waals surface area contributed by atoms with Gasteiger partial charge in [0.1, 0.15) is 5.54 Å². The Kier molecular flexibility index (Phi) is 9.95. The maximum Gasteiger partial charge on any atom is 0.413 e. The summed E-state index contributed by atoms with van der Waals surface area (Å²) in [5.41, 5.74) is -1.15. The number of hydrogen-bond acceptors (Lipinski definition) is 10. The van der Waals surface area contributed by atoms with E-state index in [9.17, 15) is 29.1 Å². The Morgan fingerprint density at radius 1 is 1.07 bits per heavy atom. The summed E-state index contributed by atoms with van der Waals surface area (Å²) in [5.74, 6) is -3.29. The molecule has 2 heterocycles. The number of amides is 2. The van der Waals surface area contributed by atoms with Crippen LogP contribution in [0.1, 0.15) is 35.8 Å². The standard InChI is InChI=1S/C26H33N7O8Si/c1-26(23(38)39,10-9-18(34)35)33-21(36)15-5-7-16(8-6-15)27-13-17-14-28-20-19(29-17)22(37)31-24(30-20)32-25(40)41-11-12-42(2,3)4/h5-8,14,27H,9-13H2,1-4H3,(H,33,36)(H,34,35)(H,38,39)(H2,28,30,31,32,37,40). The minimum absolute atomic E-state index is 0.0247. The van der Waals surface area contributed by atoms with Crippen LogP contribution in [0.2, 0.25) is 25.7 Å². The average molecular weight is 600 g/mol. The topological polar surface area (TPSA) is 226 Å². The third-order valence-corrected chi connectivity index (χ3v) is 7.80. The number of aromatic amines is 1. The van der Waals surface area contributed by atoms with E-state index in [2.05, 4.69) is 55.5 Å². The SMILES string of the molecule is CC(CCC(=O)O)(NC(=O)c1ccc(NCc2cnc3nc(NC(=O)OCC[Si](C)(C)C)[nH]c(=O)c3n2)cc1)C(=O)O. The predicted molar refractivity (Wildman–Crippen MR) is 155 cm³/mol. The van der Waals surface area contributed by atoms with Crippen LogP contribution in [0.15, 0.2) is 35.3 Å². The van der Waals surface area contributed by atoms with Crippen molar-refractivity contribution < 1.29 is 34.1 Å². The van der Waals surface area contributed by atoms with Crippen molar-refractivity contribution in [1.82, 2.24) is 25.3 Å². The van der Waals surface area contributed by atoms with E-state index in [-0.39, 0.29) is 42.2 Å². The molecular formula is C26H33N7O8Si. The number of rotatable bonds is 13. The van der Waals surface area contributed by atoms with Gasteiger partial charge in [0.2, 0.25) is 5.95 Å². The van der Waals surface area contributed by atoms with Gasteiger partial charge in [-0.1, -0.05) is 19.6 Å². The second kappa shape index (κ2) is 13.2. The van der Waals surface area contributed by atoms with Gasteiger partial charge in [-0.15, -0.1) is 0 Å². The molecule has 2 amide bonds. The molecular weight excluding hydrogens is 566 g/mol. The van der Waals surface area contributed by atoms with Crippen LogP contribution in [0.3, 0.4) is 0 Å². The molecule has 2 aromatic heterocycles. The number of hydrogen-bond donors (Lipinski definition) is 6. The minimum Gasteiger partial charge on any atom is -0.481 e. The van der Waals surface area contributed by atoms with E-state index in [1.165, 1.54) is 25.3 Å². The number of H-pyrrole nitrogens is 1. The normalized spacial score (nSPS) is 12.7. The van der Waals surface area contributed by atoms with E-state index in [4.69, 9.17) is 9.84 Å². The summed E-state index contributed by atoms with van der Waals surface area (Å²) in [6.07, 6.45) is -0.0139. The summed E-state index contributed by atoms with van der Waals surface area (Å²) in [4.78, 5) is 74.7. The number of nitrogens with zero attached hydrogens (tertiary/aromatic N) is 3. The molecule has 15 nitrogen and oxygen atoms in total. The predicted octanol–water partition coefficient (Wildman–Crippen LogP) is 2.65. The zero-order chi connectivity index (χ0) is 31.1. The van der Waals surface area contributed by atoms with Crippen LogP contribution >= 0.6 is 0 Å². The van der Waals surface area contributed by atoms with Gasteiger partial charge in [-0.2, -0.15) is 4.98 Å². The number of nitrogens with one attached hydrogen (secondary N) is 4. The number of carboxylic acids is 2. The van der Waals surface area contributed by atoms with Gasteiger partial charge in [-0.05, 0) is 43.7 Å². The van der Waals surface area contributed by atoms with Gasteiger partial charge in [0, 0.05) is 25.7 Å². The summed E-state index contributed by atoms with van der Waals surface area (Å²) in [6.45, 7) is 8.16. The molecule has 1 atom stereocenters. The van der Waals surface area contributed by atoms with Crippen LogP contribution in [0.5, 0.6) is 0 Å². The molecule has 0 aliphatic rings. The summed E-state index contributed by atoms with van der Waals surface area (Å²) in [5, 5.41) is 26.2. The van der Waals surface area contributed by atoms with Gasteiger partial charge >= 0.3 is 18.0 Å². The molecule has 3 aromatic rings. The molecule has 0 aliphatic carbocycles. The van der Waals surface area contributed by atoms with Gasteiger partial charge in [0.25, 0.3) is 11.5 Å². The van der Waals surface area contributed by atoms with Gasteiger partial charge in [-0.3, -0.25) is 24.7 Å². The maximum absolute atomic E-state index is 12.6. The first-order valence-corrected chi connectivity index (χ1v) is 16.7. The van der Waals surface area contributed by atoms with Crippen molar-refractivity contribution in [2.24, 2.45) is 0 Å². The van der Waals surface area contributed by atoms with Crippen molar-refractivity contribution in [3.8, 4) is 0 Å². The number of aromatic nitrogens is 4. The van der Waals surface area contributed by atoms with E-state index in [1.807, 2.05) is 0 Å². The molecule has 16 heteroatoms. The molecule has 1 aromatic carbocycles. The third-order valence-electron chi connectivity index (χ3n) is 6.09. The lowest BCUT2D eigenvalue weighted by Gasteiger charge is -2.25. The Bertz CT molecular complexity index is 1540. The zero-order valence-electron chi connectivity index (χ0n) is 23.6. The van der Waals surface area contributed by atoms with Crippen LogP contribution in [-0.2, 0) is 20.9 Å². The lowest BCUT2D eigenvalue weighted by Crippen LogP contribution is -2.52. The number of carboxylic acid groups (broad SMARTS) is 2. The number of benzene rings is 1. The first-order valence-electron chi connectivity index (χ1n) is 13.0. The van der Waals surface area contributed by atoms with Crippen molar-refractivity contribution in [1.29, 1.82) is 0 Å². The highest BCUT2D eigenvalue weighted by Gasteiger charge is 2.35. The molecule has 0 aliphatic heterocycles. The summed E-state index contributed by atoms with van der Waals surface area (Å²) in [6, 6.07) is 6.93. The molecule has 42 heavy (non-hydrogen) atoms. The first-order chi connectivity index (χ1) is 19.6. The molecule has 1 unspecified atom stereocenters. The van der Waals surface area contributed by atoms with Crippen molar-refractivity contribution >= 4 is 54.8 Å². The minimum atomic E-state index is -1.75. The highest BCUT2D eigenvalue weighted by Crippen LogP contribution is 2.17. The number of carbonyl (C=O) groups excluding carboxylic acids is 2. The molecule has 3 rings (SSSR count). The lowest BCUT2D eigenvalue weighted by molar-refractivity contribution is -0.145. The second-order valence-electron chi connectivity index (χ2n) is 10.9. The number of fused-ring (bicyclic) bond motifs is 1. The maximum atomic E-state index is 12.6. The molecule has 224 valence electrons. The quantitative estimate of drug-likeness (QED) is 0.156. The number of carbonyl (C=O) groups is 4. The van der Waals surface area contributed by atoms with Gasteiger partial charge in [-0.25, -0.2) is 19.6 Å². The van der Waals surface area contributed by atoms with Crippen LogP contribution in [0.4, 0.5) is 16.4 Å². The highest BCUT2D eigenvalue weighted by atomic mass is 28.3. The fourth-order valence-corrected chi connectivity index (χ4v) is 4.23. The lowest BCUT2D eigenvalue weighted by atomic mass is 9.95. The number of aliphatic carboxylic acids is 2. The molecule has 0 bridgehead atoms. The zero-order valence-corrected chi connectivity index (χ0v) is 24.6. The first kappa shape index (κ1) is 31.7. The number of ether oxygens (including phenoxy) is 1. The Labute approximate surface area is 241 Å². The van der Waals surface area contributed by atoms with E-state index in [0.29, 0.717) is 11.4 Å². The van der Waals surface area contributed by atoms with Crippen LogP contribution in [0.25, 0.3) is 11.2 Å². The van der Waals surface area contributed by atoms with Crippen molar-refractivity contribution in [2.75, 3.05) is 17.2 Å². The molecule has 0 saturated heterocycles. The van der Waals surface area contributed by atoms with E-state index >= 15 is 0 Å². The fraction of sp³-hybridized carbons (Fsp3) is 0.385. The Balaban J connectivity index is 1.60. The van der Waals surface area contributed by atoms with Crippen molar-refractivity contribution in [2.45, 2.75) is 57.5 Å². The molecule has 0 fully saturated rings. The smallest absolute Gasteiger partial charge is 0.413 e. The van der Waals surface area contributed by atoms with Gasteiger partial charge < -0.3 is 25.6 Å². The van der Waals surface area contributed by atoms with Crippen LogP contribution in [0, 0.1) is 0 Å². The van der Waals surface area contributed by atoms with Gasteiger partial charge in [0.15, 0.2) is 11.2 Å². The van der Waals surface area contributed by atoms with E-state index < -0.39 is 49.5 Å². The number of anilines is 2. The monoisotopic (exact) mass is 599 g/mol. The molecule has 0 radical (unpaired) electrons. The third kappa shape index (κ3) is 9.08.